The molecule has 5 rings (SSSR count). The number of nitrogens with zero attached hydrogens (tertiary/aromatic N) is 6. The molecule has 7 heteroatoms. The van der Waals surface area contributed by atoms with Gasteiger partial charge in [0.2, 0.25) is 5.88 Å². The lowest BCUT2D eigenvalue weighted by atomic mass is 10.1. The fraction of sp³-hybridized carbons (Fsp3) is 0.522. The molecule has 2 aliphatic rings. The maximum atomic E-state index is 5.90. The maximum Gasteiger partial charge on any atom is 0.224 e. The van der Waals surface area contributed by atoms with Crippen molar-refractivity contribution < 1.29 is 4.74 Å². The Hall–Kier alpha value is -2.67. The van der Waals surface area contributed by atoms with E-state index in [2.05, 4.69) is 53.7 Å². The summed E-state index contributed by atoms with van der Waals surface area (Å²) in [6.45, 7) is 10.3. The monoisotopic (exact) mass is 406 g/mol. The highest BCUT2D eigenvalue weighted by atomic mass is 16.5. The van der Waals surface area contributed by atoms with E-state index in [4.69, 9.17) is 4.74 Å². The minimum absolute atomic E-state index is 0.0876. The third kappa shape index (κ3) is 3.86. The topological polar surface area (TPSA) is 59.3 Å². The van der Waals surface area contributed by atoms with Gasteiger partial charge >= 0.3 is 0 Å². The first-order chi connectivity index (χ1) is 14.7. The van der Waals surface area contributed by atoms with Crippen LogP contribution in [0.3, 0.4) is 0 Å². The molecule has 0 radical (unpaired) electrons. The molecule has 7 nitrogen and oxygen atoms in total. The van der Waals surface area contributed by atoms with Crippen molar-refractivity contribution in [2.75, 3.05) is 31.1 Å². The Labute approximate surface area is 177 Å². The zero-order chi connectivity index (χ0) is 20.5. The summed E-state index contributed by atoms with van der Waals surface area (Å²) in [6.07, 6.45) is 7.43. The number of anilines is 1. The molecule has 1 saturated heterocycles. The Kier molecular flexibility index (Phi) is 5.29. The first-order valence-electron chi connectivity index (χ1n) is 11.1. The molecule has 30 heavy (non-hydrogen) atoms. The number of imidazole rings is 1. The summed E-state index contributed by atoms with van der Waals surface area (Å²) >= 11 is 0. The summed E-state index contributed by atoms with van der Waals surface area (Å²) < 4.78 is 8.34. The lowest BCUT2D eigenvalue weighted by molar-refractivity contribution is 0.235. The van der Waals surface area contributed by atoms with Gasteiger partial charge in [-0.15, -0.1) is 0 Å². The summed E-state index contributed by atoms with van der Waals surface area (Å²) in [6, 6.07) is 6.41. The summed E-state index contributed by atoms with van der Waals surface area (Å²) in [4.78, 5) is 18.4. The summed E-state index contributed by atoms with van der Waals surface area (Å²) in [5, 5.41) is 0.983. The van der Waals surface area contributed by atoms with Gasteiger partial charge in [-0.2, -0.15) is 0 Å². The van der Waals surface area contributed by atoms with Gasteiger partial charge in [0, 0.05) is 57.6 Å². The Morgan fingerprint density at radius 1 is 1.00 bits per heavy atom. The number of hydrogen-bond acceptors (Lipinski definition) is 6. The van der Waals surface area contributed by atoms with Crippen molar-refractivity contribution in [2.45, 2.75) is 52.3 Å². The highest BCUT2D eigenvalue weighted by Gasteiger charge is 2.21. The lowest BCUT2D eigenvalue weighted by Crippen LogP contribution is -2.46. The fourth-order valence-electron chi connectivity index (χ4n) is 4.53. The predicted octanol–water partition coefficient (Wildman–Crippen LogP) is 3.27. The molecule has 0 spiro atoms. The van der Waals surface area contributed by atoms with E-state index in [9.17, 15) is 0 Å². The first kappa shape index (κ1) is 19.3. The minimum Gasteiger partial charge on any atom is -0.474 e. The van der Waals surface area contributed by atoms with Crippen molar-refractivity contribution in [3.05, 3.63) is 42.2 Å². The minimum atomic E-state index is 0.0876. The van der Waals surface area contributed by atoms with Gasteiger partial charge in [0.1, 0.15) is 12.2 Å². The van der Waals surface area contributed by atoms with Gasteiger partial charge < -0.3 is 14.2 Å². The van der Waals surface area contributed by atoms with Crippen LogP contribution in [0.1, 0.15) is 38.2 Å². The SMILES string of the molecule is CC(C)Oc1ncnc2ccc(N3CCN(Cc4cnc5n4CCCC5)CC3)cc12. The molecule has 0 aliphatic carbocycles. The molecule has 2 aromatic heterocycles. The molecular formula is C23H30N6O. The average molecular weight is 407 g/mol. The van der Waals surface area contributed by atoms with Crippen molar-refractivity contribution >= 4 is 16.6 Å². The first-order valence-corrected chi connectivity index (χ1v) is 11.1. The molecule has 4 heterocycles. The molecule has 0 N–H and O–H groups in total. The number of hydrogen-bond donors (Lipinski definition) is 0. The lowest BCUT2D eigenvalue weighted by Gasteiger charge is -2.36. The van der Waals surface area contributed by atoms with E-state index in [1.807, 2.05) is 13.8 Å². The molecule has 2 aliphatic heterocycles. The molecule has 0 unspecified atom stereocenters. The number of fused-ring (bicyclic) bond motifs is 2. The molecule has 158 valence electrons. The normalized spacial score (nSPS) is 17.5. The highest BCUT2D eigenvalue weighted by molar-refractivity contribution is 5.86. The van der Waals surface area contributed by atoms with Gasteiger partial charge in [0.05, 0.1) is 22.7 Å². The molecule has 0 bridgehead atoms. The second kappa shape index (κ2) is 8.22. The molecule has 3 aromatic rings. The van der Waals surface area contributed by atoms with E-state index < -0.39 is 0 Å². The third-order valence-corrected chi connectivity index (χ3v) is 6.11. The summed E-state index contributed by atoms with van der Waals surface area (Å²) in [7, 11) is 0. The summed E-state index contributed by atoms with van der Waals surface area (Å²) in [5.74, 6) is 1.94. The van der Waals surface area contributed by atoms with E-state index in [1.165, 1.54) is 30.0 Å². The van der Waals surface area contributed by atoms with Crippen LogP contribution in [0.4, 0.5) is 5.69 Å². The van der Waals surface area contributed by atoms with Crippen molar-refractivity contribution in [3.8, 4) is 5.88 Å². The van der Waals surface area contributed by atoms with Gasteiger partial charge in [-0.25, -0.2) is 15.0 Å². The maximum absolute atomic E-state index is 5.90. The van der Waals surface area contributed by atoms with Crippen LogP contribution >= 0.6 is 0 Å². The Bertz CT molecular complexity index is 1020. The molecular weight excluding hydrogens is 376 g/mol. The van der Waals surface area contributed by atoms with Gasteiger partial charge in [-0.3, -0.25) is 4.90 Å². The number of ether oxygens (including phenoxy) is 1. The van der Waals surface area contributed by atoms with E-state index in [0.717, 1.165) is 56.6 Å². The average Bonchev–Trinajstić information content (AvgIpc) is 3.17. The van der Waals surface area contributed by atoms with Gasteiger partial charge in [0.15, 0.2) is 0 Å². The van der Waals surface area contributed by atoms with Crippen LogP contribution < -0.4 is 9.64 Å². The zero-order valence-corrected chi connectivity index (χ0v) is 17.9. The van der Waals surface area contributed by atoms with E-state index in [-0.39, 0.29) is 6.10 Å². The number of piperazine rings is 1. The van der Waals surface area contributed by atoms with Crippen LogP contribution in [-0.2, 0) is 19.5 Å². The van der Waals surface area contributed by atoms with Gasteiger partial charge in [0.25, 0.3) is 0 Å². The van der Waals surface area contributed by atoms with Crippen molar-refractivity contribution in [3.63, 3.8) is 0 Å². The highest BCUT2D eigenvalue weighted by Crippen LogP contribution is 2.28. The van der Waals surface area contributed by atoms with Gasteiger partial charge in [-0.1, -0.05) is 0 Å². The van der Waals surface area contributed by atoms with Crippen LogP contribution in [0.25, 0.3) is 10.9 Å². The number of aromatic nitrogens is 4. The number of benzene rings is 1. The molecule has 0 saturated carbocycles. The van der Waals surface area contributed by atoms with Crippen LogP contribution in [-0.4, -0.2) is 56.7 Å². The molecule has 1 fully saturated rings. The number of rotatable bonds is 5. The standard InChI is InChI=1S/C23H30N6O/c1-17(2)30-23-20-13-18(6-7-21(20)25-16-26-23)28-11-9-27(10-12-28)15-19-14-24-22-5-3-4-8-29(19)22/h6-7,13-14,16-17H,3-5,8-12,15H2,1-2H3. The second-order valence-electron chi connectivity index (χ2n) is 8.58. The quantitative estimate of drug-likeness (QED) is 0.648. The van der Waals surface area contributed by atoms with Gasteiger partial charge in [-0.05, 0) is 44.9 Å². The molecule has 1 aromatic carbocycles. The van der Waals surface area contributed by atoms with Crippen molar-refractivity contribution in [2.24, 2.45) is 0 Å². The third-order valence-electron chi connectivity index (χ3n) is 6.11. The second-order valence-corrected chi connectivity index (χ2v) is 8.58. The van der Waals surface area contributed by atoms with Crippen LogP contribution in [0.5, 0.6) is 5.88 Å². The van der Waals surface area contributed by atoms with Crippen LogP contribution in [0, 0.1) is 0 Å². The zero-order valence-electron chi connectivity index (χ0n) is 17.9. The number of aryl methyl sites for hydroxylation is 1. The largest absolute Gasteiger partial charge is 0.474 e. The van der Waals surface area contributed by atoms with Crippen molar-refractivity contribution in [1.82, 2.24) is 24.4 Å². The molecule has 0 atom stereocenters. The van der Waals surface area contributed by atoms with Crippen molar-refractivity contribution in [1.29, 1.82) is 0 Å². The summed E-state index contributed by atoms with van der Waals surface area (Å²) in [5.41, 5.74) is 3.51. The Balaban J connectivity index is 1.27. The Morgan fingerprint density at radius 2 is 1.87 bits per heavy atom. The van der Waals surface area contributed by atoms with E-state index >= 15 is 0 Å². The molecule has 0 amide bonds. The fourth-order valence-corrected chi connectivity index (χ4v) is 4.53. The van der Waals surface area contributed by atoms with Crippen LogP contribution in [0.15, 0.2) is 30.7 Å². The predicted molar refractivity (Wildman–Crippen MR) is 118 cm³/mol. The van der Waals surface area contributed by atoms with Crippen LogP contribution in [0.2, 0.25) is 0 Å². The Morgan fingerprint density at radius 3 is 2.70 bits per heavy atom. The van der Waals surface area contributed by atoms with E-state index in [1.54, 1.807) is 6.33 Å². The smallest absolute Gasteiger partial charge is 0.224 e. The van der Waals surface area contributed by atoms with E-state index in [0.29, 0.717) is 5.88 Å².